The Labute approximate surface area is 89.1 Å². The molecule has 1 N–H and O–H groups in total. The summed E-state index contributed by atoms with van der Waals surface area (Å²) in [5.74, 6) is 0.181. The summed E-state index contributed by atoms with van der Waals surface area (Å²) in [5, 5.41) is 4.78. The predicted octanol–water partition coefficient (Wildman–Crippen LogP) is 1.52. The lowest BCUT2D eigenvalue weighted by molar-refractivity contribution is 0.557. The van der Waals surface area contributed by atoms with Gasteiger partial charge in [-0.2, -0.15) is 0 Å². The first kappa shape index (κ1) is 11.7. The summed E-state index contributed by atoms with van der Waals surface area (Å²) >= 11 is 1.28. The lowest BCUT2D eigenvalue weighted by Gasteiger charge is -2.12. The van der Waals surface area contributed by atoms with Crippen LogP contribution in [0.2, 0.25) is 0 Å². The molecule has 1 rings (SSSR count). The fraction of sp³-hybridized carbons (Fsp3) is 0.556. The summed E-state index contributed by atoms with van der Waals surface area (Å²) in [4.78, 5) is 0. The summed E-state index contributed by atoms with van der Waals surface area (Å²) in [6, 6.07) is 3.46. The largest absolute Gasteiger partial charge is 0.316 e. The van der Waals surface area contributed by atoms with Crippen LogP contribution in [0.15, 0.2) is 21.7 Å². The number of thiophene rings is 1. The molecule has 0 spiro atoms. The van der Waals surface area contributed by atoms with Crippen molar-refractivity contribution in [1.82, 2.24) is 5.32 Å². The van der Waals surface area contributed by atoms with Crippen LogP contribution in [0.5, 0.6) is 0 Å². The maximum Gasteiger partial charge on any atom is 0.189 e. The van der Waals surface area contributed by atoms with Gasteiger partial charge in [-0.05, 0) is 24.9 Å². The van der Waals surface area contributed by atoms with Gasteiger partial charge in [0.1, 0.15) is 4.21 Å². The SMILES string of the molecule is CCC(CS(=O)(=O)c1cccs1)NC. The van der Waals surface area contributed by atoms with E-state index in [1.807, 2.05) is 6.92 Å². The van der Waals surface area contributed by atoms with Crippen LogP contribution in [0.4, 0.5) is 0 Å². The molecule has 14 heavy (non-hydrogen) atoms. The topological polar surface area (TPSA) is 46.2 Å². The second kappa shape index (κ2) is 4.91. The van der Waals surface area contributed by atoms with Gasteiger partial charge in [-0.3, -0.25) is 0 Å². The van der Waals surface area contributed by atoms with Gasteiger partial charge in [0.05, 0.1) is 5.75 Å². The van der Waals surface area contributed by atoms with Gasteiger partial charge in [0.2, 0.25) is 0 Å². The lowest BCUT2D eigenvalue weighted by atomic mass is 10.3. The highest BCUT2D eigenvalue weighted by molar-refractivity contribution is 7.93. The second-order valence-electron chi connectivity index (χ2n) is 3.11. The van der Waals surface area contributed by atoms with Gasteiger partial charge in [-0.25, -0.2) is 8.42 Å². The minimum atomic E-state index is -3.08. The van der Waals surface area contributed by atoms with E-state index < -0.39 is 9.84 Å². The third-order valence-electron chi connectivity index (χ3n) is 2.12. The average molecular weight is 233 g/mol. The molecule has 1 unspecified atom stereocenters. The monoisotopic (exact) mass is 233 g/mol. The predicted molar refractivity (Wildman–Crippen MR) is 59.5 cm³/mol. The smallest absolute Gasteiger partial charge is 0.189 e. The molecule has 80 valence electrons. The van der Waals surface area contributed by atoms with Crippen LogP contribution in [0.3, 0.4) is 0 Å². The molecule has 0 aliphatic rings. The Morgan fingerprint density at radius 3 is 2.71 bits per heavy atom. The molecule has 0 radical (unpaired) electrons. The highest BCUT2D eigenvalue weighted by Gasteiger charge is 2.19. The van der Waals surface area contributed by atoms with Crippen molar-refractivity contribution in [2.24, 2.45) is 0 Å². The average Bonchev–Trinajstić information content (AvgIpc) is 2.67. The maximum absolute atomic E-state index is 11.8. The molecule has 5 heteroatoms. The minimum Gasteiger partial charge on any atom is -0.316 e. The van der Waals surface area contributed by atoms with Crippen molar-refractivity contribution in [3.05, 3.63) is 17.5 Å². The first-order valence-electron chi connectivity index (χ1n) is 4.53. The third kappa shape index (κ3) is 2.80. The fourth-order valence-corrected chi connectivity index (χ4v) is 3.98. The van der Waals surface area contributed by atoms with E-state index in [0.29, 0.717) is 4.21 Å². The van der Waals surface area contributed by atoms with Crippen LogP contribution >= 0.6 is 11.3 Å². The van der Waals surface area contributed by atoms with Crippen molar-refractivity contribution >= 4 is 21.2 Å². The summed E-state index contributed by atoms with van der Waals surface area (Å²) in [7, 11) is -1.29. The highest BCUT2D eigenvalue weighted by atomic mass is 32.2. The van der Waals surface area contributed by atoms with E-state index >= 15 is 0 Å². The number of nitrogens with one attached hydrogen (secondary N) is 1. The molecule has 0 aliphatic carbocycles. The Bertz CT molecular complexity index is 352. The molecular weight excluding hydrogens is 218 g/mol. The van der Waals surface area contributed by atoms with Gasteiger partial charge in [0, 0.05) is 6.04 Å². The van der Waals surface area contributed by atoms with E-state index in [2.05, 4.69) is 5.32 Å². The summed E-state index contributed by atoms with van der Waals surface area (Å²) in [5.41, 5.74) is 0. The van der Waals surface area contributed by atoms with Gasteiger partial charge in [0.15, 0.2) is 9.84 Å². The van der Waals surface area contributed by atoms with E-state index in [1.165, 1.54) is 11.3 Å². The van der Waals surface area contributed by atoms with Crippen molar-refractivity contribution in [1.29, 1.82) is 0 Å². The van der Waals surface area contributed by atoms with Crippen LogP contribution in [-0.4, -0.2) is 27.3 Å². The Kier molecular flexibility index (Phi) is 4.10. The number of hydrogen-bond acceptors (Lipinski definition) is 4. The van der Waals surface area contributed by atoms with Crippen LogP contribution < -0.4 is 5.32 Å². The van der Waals surface area contributed by atoms with Crippen LogP contribution in [-0.2, 0) is 9.84 Å². The molecule has 0 aromatic carbocycles. The molecule has 0 aliphatic heterocycles. The third-order valence-corrected chi connectivity index (χ3v) is 5.43. The second-order valence-corrected chi connectivity index (χ2v) is 6.32. The van der Waals surface area contributed by atoms with Crippen molar-refractivity contribution in [3.63, 3.8) is 0 Å². The first-order chi connectivity index (χ1) is 6.60. The van der Waals surface area contributed by atoms with E-state index in [9.17, 15) is 8.42 Å². The van der Waals surface area contributed by atoms with Crippen molar-refractivity contribution in [3.8, 4) is 0 Å². The Morgan fingerprint density at radius 1 is 1.57 bits per heavy atom. The van der Waals surface area contributed by atoms with Gasteiger partial charge in [-0.1, -0.05) is 13.0 Å². The molecule has 0 bridgehead atoms. The first-order valence-corrected chi connectivity index (χ1v) is 7.07. The van der Waals surface area contributed by atoms with Gasteiger partial charge in [-0.15, -0.1) is 11.3 Å². The highest BCUT2D eigenvalue weighted by Crippen LogP contribution is 2.18. The molecule has 1 aromatic heterocycles. The van der Waals surface area contributed by atoms with Crippen molar-refractivity contribution in [2.45, 2.75) is 23.6 Å². The van der Waals surface area contributed by atoms with Gasteiger partial charge in [0.25, 0.3) is 0 Å². The Hall–Kier alpha value is -0.390. The van der Waals surface area contributed by atoms with E-state index in [4.69, 9.17) is 0 Å². The standard InChI is InChI=1S/C9H15NO2S2/c1-3-8(10-2)7-14(11,12)9-5-4-6-13-9/h4-6,8,10H,3,7H2,1-2H3. The molecule has 0 saturated heterocycles. The molecule has 0 fully saturated rings. The molecule has 3 nitrogen and oxygen atoms in total. The summed E-state index contributed by atoms with van der Waals surface area (Å²) in [6.45, 7) is 1.98. The molecular formula is C9H15NO2S2. The van der Waals surface area contributed by atoms with Crippen LogP contribution in [0, 0.1) is 0 Å². The number of rotatable bonds is 5. The van der Waals surface area contributed by atoms with Crippen LogP contribution in [0.25, 0.3) is 0 Å². The molecule has 0 saturated carbocycles. The lowest BCUT2D eigenvalue weighted by Crippen LogP contribution is -2.32. The number of sulfone groups is 1. The zero-order valence-electron chi connectivity index (χ0n) is 8.36. The van der Waals surface area contributed by atoms with E-state index in [0.717, 1.165) is 6.42 Å². The minimum absolute atomic E-state index is 0.0436. The summed E-state index contributed by atoms with van der Waals surface area (Å²) in [6.07, 6.45) is 0.821. The Morgan fingerprint density at radius 2 is 2.29 bits per heavy atom. The van der Waals surface area contributed by atoms with E-state index in [1.54, 1.807) is 24.6 Å². The molecule has 1 atom stereocenters. The molecule has 0 amide bonds. The number of hydrogen-bond donors (Lipinski definition) is 1. The fourth-order valence-electron chi connectivity index (χ4n) is 1.19. The molecule has 1 heterocycles. The van der Waals surface area contributed by atoms with E-state index in [-0.39, 0.29) is 11.8 Å². The zero-order chi connectivity index (χ0) is 10.6. The zero-order valence-corrected chi connectivity index (χ0v) is 9.99. The Balaban J connectivity index is 2.77. The quantitative estimate of drug-likeness (QED) is 0.838. The maximum atomic E-state index is 11.8. The van der Waals surface area contributed by atoms with Crippen molar-refractivity contribution < 1.29 is 8.42 Å². The van der Waals surface area contributed by atoms with Crippen molar-refractivity contribution in [2.75, 3.05) is 12.8 Å². The van der Waals surface area contributed by atoms with Gasteiger partial charge >= 0.3 is 0 Å². The normalized spacial score (nSPS) is 14.1. The molecule has 1 aromatic rings. The summed E-state index contributed by atoms with van der Waals surface area (Å²) < 4.78 is 24.0. The van der Waals surface area contributed by atoms with Gasteiger partial charge < -0.3 is 5.32 Å². The van der Waals surface area contributed by atoms with Crippen LogP contribution in [0.1, 0.15) is 13.3 Å².